The fourth-order valence-electron chi connectivity index (χ4n) is 3.06. The first kappa shape index (κ1) is 15.9. The fraction of sp³-hybridized carbons (Fsp3) is 0.211. The van der Waals surface area contributed by atoms with Crippen molar-refractivity contribution in [2.75, 3.05) is 11.1 Å². The summed E-state index contributed by atoms with van der Waals surface area (Å²) in [5, 5.41) is 4.50. The standard InChI is InChI=1S/C19H19N3O2S/c1-12-3-4-14(7-13(12)2)15-8-17-19(21-9-15)18(10-20-17)22-16-5-6-25(23,24)11-16/h3-10,16,20,22H,11H2,1-2H3. The van der Waals surface area contributed by atoms with Gasteiger partial charge in [-0.2, -0.15) is 0 Å². The molecule has 0 saturated heterocycles. The molecule has 1 unspecified atom stereocenters. The minimum Gasteiger partial charge on any atom is -0.375 e. The van der Waals surface area contributed by atoms with Crippen LogP contribution in [0.2, 0.25) is 0 Å². The summed E-state index contributed by atoms with van der Waals surface area (Å²) in [5.41, 5.74) is 7.24. The molecule has 128 valence electrons. The van der Waals surface area contributed by atoms with E-state index in [1.54, 1.807) is 6.08 Å². The van der Waals surface area contributed by atoms with Gasteiger partial charge in [0, 0.05) is 23.4 Å². The number of aromatic nitrogens is 2. The highest BCUT2D eigenvalue weighted by atomic mass is 32.2. The smallest absolute Gasteiger partial charge is 0.173 e. The number of anilines is 1. The summed E-state index contributed by atoms with van der Waals surface area (Å²) >= 11 is 0. The van der Waals surface area contributed by atoms with Crippen molar-refractivity contribution in [1.29, 1.82) is 0 Å². The van der Waals surface area contributed by atoms with Crippen molar-refractivity contribution in [2.24, 2.45) is 0 Å². The summed E-state index contributed by atoms with van der Waals surface area (Å²) in [5.74, 6) is 0.0837. The number of fused-ring (bicyclic) bond motifs is 1. The Morgan fingerprint density at radius 3 is 2.72 bits per heavy atom. The number of aromatic amines is 1. The van der Waals surface area contributed by atoms with E-state index in [-0.39, 0.29) is 11.8 Å². The molecule has 0 amide bonds. The third kappa shape index (κ3) is 3.05. The minimum atomic E-state index is -3.08. The summed E-state index contributed by atoms with van der Waals surface area (Å²) < 4.78 is 23.1. The lowest BCUT2D eigenvalue weighted by Gasteiger charge is -2.10. The monoisotopic (exact) mass is 353 g/mol. The third-order valence-electron chi connectivity index (χ3n) is 4.63. The maximum Gasteiger partial charge on any atom is 0.173 e. The summed E-state index contributed by atoms with van der Waals surface area (Å²) in [7, 11) is -3.08. The van der Waals surface area contributed by atoms with Gasteiger partial charge in [-0.05, 0) is 36.6 Å². The van der Waals surface area contributed by atoms with Gasteiger partial charge in [-0.1, -0.05) is 24.3 Å². The van der Waals surface area contributed by atoms with Crippen molar-refractivity contribution in [3.8, 4) is 11.1 Å². The largest absolute Gasteiger partial charge is 0.375 e. The number of sulfone groups is 1. The van der Waals surface area contributed by atoms with Gasteiger partial charge in [-0.25, -0.2) is 8.42 Å². The van der Waals surface area contributed by atoms with E-state index in [9.17, 15) is 8.42 Å². The molecular formula is C19H19N3O2S. The van der Waals surface area contributed by atoms with Crippen LogP contribution in [-0.4, -0.2) is 30.2 Å². The molecule has 1 aromatic carbocycles. The average molecular weight is 353 g/mol. The molecule has 2 aromatic heterocycles. The number of aryl methyl sites for hydroxylation is 2. The summed E-state index contributed by atoms with van der Waals surface area (Å²) in [6.45, 7) is 4.20. The van der Waals surface area contributed by atoms with Gasteiger partial charge in [0.2, 0.25) is 0 Å². The normalized spacial score (nSPS) is 18.7. The van der Waals surface area contributed by atoms with Crippen LogP contribution in [0.15, 0.2) is 48.1 Å². The summed E-state index contributed by atoms with van der Waals surface area (Å²) in [6.07, 6.45) is 5.37. The molecule has 6 heteroatoms. The number of pyridine rings is 1. The van der Waals surface area contributed by atoms with E-state index in [2.05, 4.69) is 53.4 Å². The predicted molar refractivity (Wildman–Crippen MR) is 101 cm³/mol. The molecule has 1 aliphatic rings. The van der Waals surface area contributed by atoms with Crippen LogP contribution in [-0.2, 0) is 9.84 Å². The van der Waals surface area contributed by atoms with Gasteiger partial charge in [-0.15, -0.1) is 0 Å². The Labute approximate surface area is 146 Å². The number of hydrogen-bond acceptors (Lipinski definition) is 4. The number of nitrogens with one attached hydrogen (secondary N) is 2. The van der Waals surface area contributed by atoms with E-state index in [1.165, 1.54) is 16.5 Å². The topological polar surface area (TPSA) is 74.8 Å². The predicted octanol–water partition coefficient (Wildman–Crippen LogP) is 3.57. The Bertz CT molecular complexity index is 1100. The van der Waals surface area contributed by atoms with E-state index in [0.717, 1.165) is 27.8 Å². The van der Waals surface area contributed by atoms with Crippen molar-refractivity contribution in [1.82, 2.24) is 9.97 Å². The highest BCUT2D eigenvalue weighted by Crippen LogP contribution is 2.28. The van der Waals surface area contributed by atoms with Gasteiger partial charge in [0.25, 0.3) is 0 Å². The highest BCUT2D eigenvalue weighted by molar-refractivity contribution is 7.94. The molecule has 1 atom stereocenters. The van der Waals surface area contributed by atoms with Crippen molar-refractivity contribution in [3.05, 3.63) is 59.3 Å². The second-order valence-corrected chi connectivity index (χ2v) is 8.46. The van der Waals surface area contributed by atoms with E-state index >= 15 is 0 Å². The van der Waals surface area contributed by atoms with Crippen molar-refractivity contribution < 1.29 is 8.42 Å². The molecule has 0 bridgehead atoms. The second-order valence-electron chi connectivity index (χ2n) is 6.53. The Balaban J connectivity index is 1.65. The van der Waals surface area contributed by atoms with E-state index < -0.39 is 9.84 Å². The Kier molecular flexibility index (Phi) is 3.65. The van der Waals surface area contributed by atoms with Crippen LogP contribution in [0.4, 0.5) is 5.69 Å². The maximum absolute atomic E-state index is 11.5. The summed E-state index contributed by atoms with van der Waals surface area (Å²) in [6, 6.07) is 8.23. The lowest BCUT2D eigenvalue weighted by atomic mass is 10.0. The molecule has 0 saturated carbocycles. The Morgan fingerprint density at radius 2 is 2.00 bits per heavy atom. The van der Waals surface area contributed by atoms with E-state index in [0.29, 0.717) is 0 Å². The molecule has 1 aliphatic heterocycles. The van der Waals surface area contributed by atoms with Crippen molar-refractivity contribution in [2.45, 2.75) is 19.9 Å². The Morgan fingerprint density at radius 1 is 1.16 bits per heavy atom. The van der Waals surface area contributed by atoms with Crippen LogP contribution in [0, 0.1) is 13.8 Å². The molecule has 0 aliphatic carbocycles. The zero-order valence-corrected chi connectivity index (χ0v) is 14.9. The number of nitrogens with zero attached hydrogens (tertiary/aromatic N) is 1. The lowest BCUT2D eigenvalue weighted by molar-refractivity contribution is 0.605. The molecule has 4 rings (SSSR count). The molecule has 3 aromatic rings. The van der Waals surface area contributed by atoms with Gasteiger partial charge >= 0.3 is 0 Å². The maximum atomic E-state index is 11.5. The SMILES string of the molecule is Cc1ccc(-c2cnc3c(NC4C=CS(=O)(=O)C4)c[nH]c3c2)cc1C. The van der Waals surface area contributed by atoms with Crippen LogP contribution < -0.4 is 5.32 Å². The second kappa shape index (κ2) is 5.74. The zero-order valence-electron chi connectivity index (χ0n) is 14.1. The first-order chi connectivity index (χ1) is 11.9. The third-order valence-corrected chi connectivity index (χ3v) is 6.02. The zero-order chi connectivity index (χ0) is 17.6. The van der Waals surface area contributed by atoms with Crippen LogP contribution in [0.1, 0.15) is 11.1 Å². The van der Waals surface area contributed by atoms with Crippen LogP contribution in [0.3, 0.4) is 0 Å². The number of benzene rings is 1. The first-order valence-corrected chi connectivity index (χ1v) is 9.85. The van der Waals surface area contributed by atoms with Crippen LogP contribution in [0.5, 0.6) is 0 Å². The molecule has 25 heavy (non-hydrogen) atoms. The molecular weight excluding hydrogens is 334 g/mol. The molecule has 0 radical (unpaired) electrons. The van der Waals surface area contributed by atoms with Gasteiger partial charge in [0.1, 0.15) is 5.52 Å². The van der Waals surface area contributed by atoms with Crippen molar-refractivity contribution in [3.63, 3.8) is 0 Å². The molecule has 0 fully saturated rings. The average Bonchev–Trinajstić information content (AvgIpc) is 3.13. The van der Waals surface area contributed by atoms with E-state index in [4.69, 9.17) is 0 Å². The number of hydrogen-bond donors (Lipinski definition) is 2. The fourth-order valence-corrected chi connectivity index (χ4v) is 4.30. The number of H-pyrrole nitrogens is 1. The molecule has 0 spiro atoms. The Hall–Kier alpha value is -2.60. The van der Waals surface area contributed by atoms with E-state index in [1.807, 2.05) is 12.4 Å². The lowest BCUT2D eigenvalue weighted by Crippen LogP contribution is -2.20. The van der Waals surface area contributed by atoms with Gasteiger partial charge in [0.15, 0.2) is 9.84 Å². The summed E-state index contributed by atoms with van der Waals surface area (Å²) in [4.78, 5) is 7.80. The van der Waals surface area contributed by atoms with Crippen LogP contribution in [0.25, 0.3) is 22.2 Å². The highest BCUT2D eigenvalue weighted by Gasteiger charge is 2.22. The van der Waals surface area contributed by atoms with Gasteiger partial charge in [-0.3, -0.25) is 4.98 Å². The molecule has 3 heterocycles. The van der Waals surface area contributed by atoms with Crippen LogP contribution >= 0.6 is 0 Å². The number of rotatable bonds is 3. The van der Waals surface area contributed by atoms with Crippen molar-refractivity contribution >= 4 is 26.6 Å². The molecule has 5 nitrogen and oxygen atoms in total. The molecule has 2 N–H and O–H groups in total. The first-order valence-electron chi connectivity index (χ1n) is 8.13. The van der Waals surface area contributed by atoms with Gasteiger partial charge < -0.3 is 10.3 Å². The van der Waals surface area contributed by atoms with Gasteiger partial charge in [0.05, 0.1) is 23.0 Å². The quantitative estimate of drug-likeness (QED) is 0.755. The minimum absolute atomic E-state index is 0.0837.